The fraction of sp³-hybridized carbons (Fsp3) is 0. The summed E-state index contributed by atoms with van der Waals surface area (Å²) in [6, 6.07) is 12.7. The van der Waals surface area contributed by atoms with Crippen LogP contribution >= 0.6 is 27.3 Å². The zero-order valence-electron chi connectivity index (χ0n) is 10.0. The smallest absolute Gasteiger partial charge is 0.188 e. The SMILES string of the molecule is N#Cc1ccc(Nc2nc3ccccc3s2)c(F)c1Br. The molecule has 0 bridgehead atoms. The van der Waals surface area contributed by atoms with Crippen LogP contribution in [0.1, 0.15) is 5.56 Å². The summed E-state index contributed by atoms with van der Waals surface area (Å²) < 4.78 is 15.3. The summed E-state index contributed by atoms with van der Waals surface area (Å²) in [5, 5.41) is 12.4. The van der Waals surface area contributed by atoms with Gasteiger partial charge in [-0.2, -0.15) is 5.26 Å². The van der Waals surface area contributed by atoms with E-state index < -0.39 is 5.82 Å². The van der Waals surface area contributed by atoms with Gasteiger partial charge in [0.2, 0.25) is 0 Å². The highest BCUT2D eigenvalue weighted by Crippen LogP contribution is 2.32. The van der Waals surface area contributed by atoms with Crippen molar-refractivity contribution in [3.8, 4) is 6.07 Å². The lowest BCUT2D eigenvalue weighted by atomic mass is 10.2. The second-order valence-electron chi connectivity index (χ2n) is 4.01. The molecule has 98 valence electrons. The summed E-state index contributed by atoms with van der Waals surface area (Å²) >= 11 is 4.53. The lowest BCUT2D eigenvalue weighted by Crippen LogP contribution is -1.95. The van der Waals surface area contributed by atoms with E-state index in [0.717, 1.165) is 10.2 Å². The first-order chi connectivity index (χ1) is 9.69. The summed E-state index contributed by atoms with van der Waals surface area (Å²) in [4.78, 5) is 4.38. The summed E-state index contributed by atoms with van der Waals surface area (Å²) in [7, 11) is 0. The zero-order chi connectivity index (χ0) is 14.1. The second-order valence-corrected chi connectivity index (χ2v) is 5.84. The van der Waals surface area contributed by atoms with Crippen LogP contribution in [0.2, 0.25) is 0 Å². The maximum absolute atomic E-state index is 14.1. The van der Waals surface area contributed by atoms with E-state index >= 15 is 0 Å². The van der Waals surface area contributed by atoms with Crippen LogP contribution in [-0.2, 0) is 0 Å². The lowest BCUT2D eigenvalue weighted by molar-refractivity contribution is 0.624. The number of benzene rings is 2. The number of nitrogens with one attached hydrogen (secondary N) is 1. The van der Waals surface area contributed by atoms with E-state index in [1.54, 1.807) is 6.07 Å². The fourth-order valence-electron chi connectivity index (χ4n) is 1.77. The number of nitrogens with zero attached hydrogens (tertiary/aromatic N) is 2. The van der Waals surface area contributed by atoms with Crippen LogP contribution in [0, 0.1) is 17.1 Å². The predicted octanol–water partition coefficient (Wildman–Crippen LogP) is 4.81. The van der Waals surface area contributed by atoms with Crippen LogP contribution in [0.3, 0.4) is 0 Å². The molecule has 0 radical (unpaired) electrons. The normalized spacial score (nSPS) is 10.4. The first kappa shape index (κ1) is 13.0. The number of halogens is 2. The van der Waals surface area contributed by atoms with Gasteiger partial charge in [-0.15, -0.1) is 0 Å². The Morgan fingerprint density at radius 2 is 2.05 bits per heavy atom. The average molecular weight is 348 g/mol. The molecule has 1 aromatic heterocycles. The van der Waals surface area contributed by atoms with Crippen molar-refractivity contribution in [2.24, 2.45) is 0 Å². The quantitative estimate of drug-likeness (QED) is 0.723. The van der Waals surface area contributed by atoms with E-state index in [1.165, 1.54) is 17.4 Å². The van der Waals surface area contributed by atoms with E-state index in [2.05, 4.69) is 26.2 Å². The van der Waals surface area contributed by atoms with Gasteiger partial charge in [-0.25, -0.2) is 9.37 Å². The van der Waals surface area contributed by atoms with E-state index in [4.69, 9.17) is 5.26 Å². The molecular weight excluding hydrogens is 341 g/mol. The minimum Gasteiger partial charge on any atom is -0.329 e. The van der Waals surface area contributed by atoms with Gasteiger partial charge in [0.15, 0.2) is 10.9 Å². The monoisotopic (exact) mass is 347 g/mol. The van der Waals surface area contributed by atoms with Gasteiger partial charge in [0, 0.05) is 0 Å². The molecule has 0 aliphatic carbocycles. The maximum atomic E-state index is 14.1. The Bertz CT molecular complexity index is 805. The largest absolute Gasteiger partial charge is 0.329 e. The third-order valence-electron chi connectivity index (χ3n) is 2.74. The Balaban J connectivity index is 1.99. The lowest BCUT2D eigenvalue weighted by Gasteiger charge is -2.06. The second kappa shape index (κ2) is 5.19. The van der Waals surface area contributed by atoms with Crippen LogP contribution in [0.4, 0.5) is 15.2 Å². The minimum absolute atomic E-state index is 0.158. The predicted molar refractivity (Wildman–Crippen MR) is 81.7 cm³/mol. The number of para-hydroxylation sites is 1. The molecule has 20 heavy (non-hydrogen) atoms. The number of rotatable bonds is 2. The first-order valence-electron chi connectivity index (χ1n) is 5.70. The van der Waals surface area contributed by atoms with Gasteiger partial charge in [0.1, 0.15) is 6.07 Å². The van der Waals surface area contributed by atoms with Crippen molar-refractivity contribution in [2.75, 3.05) is 5.32 Å². The van der Waals surface area contributed by atoms with Crippen LogP contribution in [0.25, 0.3) is 10.2 Å². The molecule has 0 aliphatic rings. The van der Waals surface area contributed by atoms with Crippen LogP contribution in [0.5, 0.6) is 0 Å². The molecule has 3 rings (SSSR count). The molecule has 0 amide bonds. The molecule has 6 heteroatoms. The number of hydrogen-bond acceptors (Lipinski definition) is 4. The standard InChI is InChI=1S/C14H7BrFN3S/c15-12-8(7-17)5-6-10(13(12)16)19-14-18-9-3-1-2-4-11(9)20-14/h1-6H,(H,18,19). The molecule has 0 spiro atoms. The van der Waals surface area contributed by atoms with E-state index in [9.17, 15) is 4.39 Å². The van der Waals surface area contributed by atoms with Gasteiger partial charge in [-0.3, -0.25) is 0 Å². The molecular formula is C14H7BrFN3S. The number of fused-ring (bicyclic) bond motifs is 1. The number of hydrogen-bond donors (Lipinski definition) is 1. The number of nitriles is 1. The van der Waals surface area contributed by atoms with Gasteiger partial charge in [0.05, 0.1) is 25.9 Å². The molecule has 0 unspecified atom stereocenters. The summed E-state index contributed by atoms with van der Waals surface area (Å²) in [6.45, 7) is 0. The van der Waals surface area contributed by atoms with Crippen molar-refractivity contribution < 1.29 is 4.39 Å². The molecule has 1 heterocycles. The Morgan fingerprint density at radius 1 is 1.25 bits per heavy atom. The third-order valence-corrected chi connectivity index (χ3v) is 4.47. The molecule has 0 aliphatic heterocycles. The molecule has 3 aromatic rings. The van der Waals surface area contributed by atoms with Gasteiger partial charge in [-0.05, 0) is 40.2 Å². The van der Waals surface area contributed by atoms with Crippen LogP contribution in [0.15, 0.2) is 40.9 Å². The van der Waals surface area contributed by atoms with Gasteiger partial charge < -0.3 is 5.32 Å². The van der Waals surface area contributed by atoms with Crippen molar-refractivity contribution in [3.63, 3.8) is 0 Å². The number of thiazole rings is 1. The summed E-state index contributed by atoms with van der Waals surface area (Å²) in [5.74, 6) is -0.497. The number of anilines is 2. The van der Waals surface area contributed by atoms with E-state index in [1.807, 2.05) is 30.3 Å². The molecule has 3 nitrogen and oxygen atoms in total. The molecule has 0 saturated heterocycles. The zero-order valence-corrected chi connectivity index (χ0v) is 12.4. The van der Waals surface area contributed by atoms with Crippen molar-refractivity contribution in [2.45, 2.75) is 0 Å². The Labute approximate surface area is 126 Å². The van der Waals surface area contributed by atoms with Gasteiger partial charge in [0.25, 0.3) is 0 Å². The van der Waals surface area contributed by atoms with Crippen molar-refractivity contribution in [1.29, 1.82) is 5.26 Å². The van der Waals surface area contributed by atoms with Gasteiger partial charge >= 0.3 is 0 Å². The van der Waals surface area contributed by atoms with Gasteiger partial charge in [-0.1, -0.05) is 23.5 Å². The highest BCUT2D eigenvalue weighted by atomic mass is 79.9. The molecule has 0 fully saturated rings. The molecule has 2 aromatic carbocycles. The van der Waals surface area contributed by atoms with Crippen LogP contribution < -0.4 is 5.32 Å². The molecule has 0 atom stereocenters. The minimum atomic E-state index is -0.497. The highest BCUT2D eigenvalue weighted by Gasteiger charge is 2.12. The Kier molecular flexibility index (Phi) is 3.38. The summed E-state index contributed by atoms with van der Waals surface area (Å²) in [6.07, 6.45) is 0. The topological polar surface area (TPSA) is 48.7 Å². The van der Waals surface area contributed by atoms with Crippen molar-refractivity contribution in [3.05, 3.63) is 52.3 Å². The Hall–Kier alpha value is -1.97. The first-order valence-corrected chi connectivity index (χ1v) is 7.30. The number of aromatic nitrogens is 1. The van der Waals surface area contributed by atoms with E-state index in [0.29, 0.717) is 5.13 Å². The maximum Gasteiger partial charge on any atom is 0.188 e. The van der Waals surface area contributed by atoms with E-state index in [-0.39, 0.29) is 15.7 Å². The third kappa shape index (κ3) is 2.26. The Morgan fingerprint density at radius 3 is 2.80 bits per heavy atom. The molecule has 0 saturated carbocycles. The van der Waals surface area contributed by atoms with Crippen molar-refractivity contribution >= 4 is 48.3 Å². The van der Waals surface area contributed by atoms with Crippen LogP contribution in [-0.4, -0.2) is 4.98 Å². The average Bonchev–Trinajstić information content (AvgIpc) is 2.86. The highest BCUT2D eigenvalue weighted by molar-refractivity contribution is 9.10. The molecule has 1 N–H and O–H groups in total. The fourth-order valence-corrected chi connectivity index (χ4v) is 3.09. The van der Waals surface area contributed by atoms with Crippen molar-refractivity contribution in [1.82, 2.24) is 4.98 Å². The summed E-state index contributed by atoms with van der Waals surface area (Å²) in [5.41, 5.74) is 1.42.